The van der Waals surface area contributed by atoms with Gasteiger partial charge >= 0.3 is 5.97 Å². The van der Waals surface area contributed by atoms with Crippen molar-refractivity contribution >= 4 is 11.9 Å². The van der Waals surface area contributed by atoms with Crippen LogP contribution in [0.5, 0.6) is 0 Å². The summed E-state index contributed by atoms with van der Waals surface area (Å²) in [6.45, 7) is 0.926. The minimum absolute atomic E-state index is 0.225. The van der Waals surface area contributed by atoms with Crippen molar-refractivity contribution in [3.63, 3.8) is 0 Å². The second kappa shape index (κ2) is 5.81. The first-order valence-corrected chi connectivity index (χ1v) is 5.33. The molecule has 0 aliphatic heterocycles. The fraction of sp³-hybridized carbons (Fsp3) is 0.800. The Labute approximate surface area is 94.3 Å². The smallest absolute Gasteiger partial charge is 0.305 e. The molecular weight excluding hydrogens is 212 g/mol. The summed E-state index contributed by atoms with van der Waals surface area (Å²) in [5.41, 5.74) is 5.54. The molecule has 1 unspecified atom stereocenters. The average molecular weight is 230 g/mol. The molecule has 1 rings (SSSR count). The van der Waals surface area contributed by atoms with E-state index in [0.29, 0.717) is 13.2 Å². The van der Waals surface area contributed by atoms with Crippen LogP contribution in [0.15, 0.2) is 0 Å². The predicted octanol–water partition coefficient (Wildman–Crippen LogP) is -0.574. The third kappa shape index (κ3) is 3.79. The third-order valence-corrected chi connectivity index (χ3v) is 2.52. The first-order chi connectivity index (χ1) is 7.56. The maximum Gasteiger partial charge on any atom is 0.305 e. The first-order valence-electron chi connectivity index (χ1n) is 5.33. The molecular formula is C10H18N2O4. The quantitative estimate of drug-likeness (QED) is 0.610. The van der Waals surface area contributed by atoms with Crippen LogP contribution >= 0.6 is 0 Å². The van der Waals surface area contributed by atoms with Crippen molar-refractivity contribution in [1.82, 2.24) is 4.90 Å². The van der Waals surface area contributed by atoms with E-state index in [1.807, 2.05) is 0 Å². The van der Waals surface area contributed by atoms with Crippen LogP contribution in [-0.4, -0.2) is 54.2 Å². The van der Waals surface area contributed by atoms with E-state index in [-0.39, 0.29) is 18.4 Å². The molecule has 92 valence electrons. The minimum atomic E-state index is -1.05. The van der Waals surface area contributed by atoms with Crippen molar-refractivity contribution in [2.75, 3.05) is 20.3 Å². The van der Waals surface area contributed by atoms with Crippen LogP contribution in [0.2, 0.25) is 0 Å². The van der Waals surface area contributed by atoms with Gasteiger partial charge in [0.15, 0.2) is 0 Å². The van der Waals surface area contributed by atoms with Crippen molar-refractivity contribution in [3.05, 3.63) is 0 Å². The van der Waals surface area contributed by atoms with Gasteiger partial charge in [-0.3, -0.25) is 9.59 Å². The number of carbonyl (C=O) groups is 2. The maximum atomic E-state index is 11.8. The van der Waals surface area contributed by atoms with E-state index >= 15 is 0 Å². The molecule has 0 saturated heterocycles. The third-order valence-electron chi connectivity index (χ3n) is 2.52. The molecule has 1 saturated carbocycles. The molecule has 1 aliphatic rings. The standard InChI is InChI=1S/C10H18N2O4/c1-16-5-4-12(7-2-3-7)10(15)8(11)6-9(13)14/h7-8H,2-6,11H2,1H3,(H,13,14). The van der Waals surface area contributed by atoms with Crippen molar-refractivity contribution in [2.24, 2.45) is 5.73 Å². The Balaban J connectivity index is 2.48. The summed E-state index contributed by atoms with van der Waals surface area (Å²) in [4.78, 5) is 23.9. The topological polar surface area (TPSA) is 92.9 Å². The number of hydrogen-bond donors (Lipinski definition) is 2. The lowest BCUT2D eigenvalue weighted by molar-refractivity contribution is -0.142. The van der Waals surface area contributed by atoms with Gasteiger partial charge in [-0.2, -0.15) is 0 Å². The van der Waals surface area contributed by atoms with Crippen molar-refractivity contribution in [1.29, 1.82) is 0 Å². The van der Waals surface area contributed by atoms with E-state index in [2.05, 4.69) is 0 Å². The zero-order chi connectivity index (χ0) is 12.1. The molecule has 1 fully saturated rings. The molecule has 16 heavy (non-hydrogen) atoms. The van der Waals surface area contributed by atoms with Gasteiger partial charge in [-0.25, -0.2) is 0 Å². The molecule has 0 heterocycles. The van der Waals surface area contributed by atoms with Crippen LogP contribution in [0.1, 0.15) is 19.3 Å². The molecule has 1 atom stereocenters. The number of aliphatic carboxylic acids is 1. The summed E-state index contributed by atoms with van der Waals surface area (Å²) in [5, 5.41) is 8.57. The van der Waals surface area contributed by atoms with Crippen LogP contribution < -0.4 is 5.73 Å². The minimum Gasteiger partial charge on any atom is -0.481 e. The normalized spacial score (nSPS) is 16.9. The highest BCUT2D eigenvalue weighted by Crippen LogP contribution is 2.27. The number of nitrogens with zero attached hydrogens (tertiary/aromatic N) is 1. The lowest BCUT2D eigenvalue weighted by Crippen LogP contribution is -2.47. The number of rotatable bonds is 7. The number of carboxylic acids is 1. The SMILES string of the molecule is COCCN(C(=O)C(N)CC(=O)O)C1CC1. The average Bonchev–Trinajstić information content (AvgIpc) is 3.01. The molecule has 0 bridgehead atoms. The van der Waals surface area contributed by atoms with Gasteiger partial charge in [0.25, 0.3) is 0 Å². The van der Waals surface area contributed by atoms with Gasteiger partial charge in [-0.1, -0.05) is 0 Å². The fourth-order valence-corrected chi connectivity index (χ4v) is 1.54. The lowest BCUT2D eigenvalue weighted by Gasteiger charge is -2.24. The monoisotopic (exact) mass is 230 g/mol. The Kier molecular flexibility index (Phi) is 4.70. The van der Waals surface area contributed by atoms with E-state index in [0.717, 1.165) is 12.8 Å². The van der Waals surface area contributed by atoms with Gasteiger partial charge < -0.3 is 20.5 Å². The molecule has 0 aromatic carbocycles. The fourth-order valence-electron chi connectivity index (χ4n) is 1.54. The Hall–Kier alpha value is -1.14. The van der Waals surface area contributed by atoms with Crippen LogP contribution in [0.3, 0.4) is 0 Å². The molecule has 0 aromatic heterocycles. The molecule has 6 nitrogen and oxygen atoms in total. The second-order valence-electron chi connectivity index (χ2n) is 3.96. The number of amides is 1. The van der Waals surface area contributed by atoms with Gasteiger partial charge in [0.2, 0.25) is 5.91 Å². The summed E-state index contributed by atoms with van der Waals surface area (Å²) < 4.78 is 4.91. The molecule has 6 heteroatoms. The molecule has 0 aromatic rings. The number of nitrogens with two attached hydrogens (primary N) is 1. The summed E-state index contributed by atoms with van der Waals surface area (Å²) in [7, 11) is 1.56. The van der Waals surface area contributed by atoms with E-state index in [4.69, 9.17) is 15.6 Å². The summed E-state index contributed by atoms with van der Waals surface area (Å²) in [5.74, 6) is -1.34. The van der Waals surface area contributed by atoms with Crippen LogP contribution in [0.25, 0.3) is 0 Å². The van der Waals surface area contributed by atoms with Gasteiger partial charge in [0.1, 0.15) is 0 Å². The van der Waals surface area contributed by atoms with E-state index < -0.39 is 12.0 Å². The zero-order valence-electron chi connectivity index (χ0n) is 9.39. The number of carbonyl (C=O) groups excluding carboxylic acids is 1. The van der Waals surface area contributed by atoms with Gasteiger partial charge in [-0.15, -0.1) is 0 Å². The van der Waals surface area contributed by atoms with Crippen LogP contribution in [-0.2, 0) is 14.3 Å². The zero-order valence-corrected chi connectivity index (χ0v) is 9.39. The number of methoxy groups -OCH3 is 1. The molecule has 0 radical (unpaired) electrons. The Morgan fingerprint density at radius 2 is 2.19 bits per heavy atom. The second-order valence-corrected chi connectivity index (χ2v) is 3.96. The highest BCUT2D eigenvalue weighted by Gasteiger charge is 2.34. The Morgan fingerprint density at radius 1 is 1.56 bits per heavy atom. The highest BCUT2D eigenvalue weighted by atomic mass is 16.5. The number of carboxylic acid groups (broad SMARTS) is 1. The molecule has 0 spiro atoms. The summed E-state index contributed by atoms with van der Waals surface area (Å²) >= 11 is 0. The van der Waals surface area contributed by atoms with Crippen molar-refractivity contribution in [2.45, 2.75) is 31.3 Å². The van der Waals surface area contributed by atoms with E-state index in [9.17, 15) is 9.59 Å². The highest BCUT2D eigenvalue weighted by molar-refractivity contribution is 5.86. The molecule has 1 aliphatic carbocycles. The number of hydrogen-bond acceptors (Lipinski definition) is 4. The summed E-state index contributed by atoms with van der Waals surface area (Å²) in [6, 6.07) is -0.725. The predicted molar refractivity (Wildman–Crippen MR) is 56.8 cm³/mol. The van der Waals surface area contributed by atoms with Gasteiger partial charge in [0, 0.05) is 19.7 Å². The summed E-state index contributed by atoms with van der Waals surface area (Å²) in [6.07, 6.45) is 1.61. The first kappa shape index (κ1) is 12.9. The van der Waals surface area contributed by atoms with Crippen molar-refractivity contribution < 1.29 is 19.4 Å². The molecule has 3 N–H and O–H groups in total. The van der Waals surface area contributed by atoms with Crippen LogP contribution in [0.4, 0.5) is 0 Å². The van der Waals surface area contributed by atoms with Crippen LogP contribution in [0, 0.1) is 0 Å². The van der Waals surface area contributed by atoms with Gasteiger partial charge in [0.05, 0.1) is 19.1 Å². The van der Waals surface area contributed by atoms with Crippen molar-refractivity contribution in [3.8, 4) is 0 Å². The molecule has 1 amide bonds. The van der Waals surface area contributed by atoms with E-state index in [1.54, 1.807) is 12.0 Å². The largest absolute Gasteiger partial charge is 0.481 e. The number of ether oxygens (including phenoxy) is 1. The Morgan fingerprint density at radius 3 is 2.62 bits per heavy atom. The Bertz CT molecular complexity index is 266. The van der Waals surface area contributed by atoms with Gasteiger partial charge in [-0.05, 0) is 12.8 Å². The maximum absolute atomic E-state index is 11.8. The lowest BCUT2D eigenvalue weighted by atomic mass is 10.2. The van der Waals surface area contributed by atoms with E-state index in [1.165, 1.54) is 0 Å².